The highest BCUT2D eigenvalue weighted by Crippen LogP contribution is 2.32. The zero-order valence-corrected chi connectivity index (χ0v) is 18.5. The number of amides is 1. The standard InChI is InChI=1S/C17H20Cl2N4O3S2/c1-3-9(4-2)16-21-22-17(27-16)20-15(24)11-7-14(13(19)8-12(11)18)28(25,26)23-10-5-6-10/h7-10,23H,3-6H2,1-2H3,(H,20,22,24). The minimum atomic E-state index is -3.83. The molecule has 1 aliphatic rings. The first-order valence-corrected chi connectivity index (χ1v) is 12.0. The van der Waals surface area contributed by atoms with E-state index in [9.17, 15) is 13.2 Å². The van der Waals surface area contributed by atoms with Gasteiger partial charge in [0.2, 0.25) is 15.2 Å². The molecule has 0 saturated heterocycles. The summed E-state index contributed by atoms with van der Waals surface area (Å²) >= 11 is 13.5. The van der Waals surface area contributed by atoms with Gasteiger partial charge in [0.25, 0.3) is 5.91 Å². The summed E-state index contributed by atoms with van der Waals surface area (Å²) in [5.74, 6) is -0.288. The van der Waals surface area contributed by atoms with E-state index in [-0.39, 0.29) is 32.5 Å². The Labute approximate surface area is 177 Å². The van der Waals surface area contributed by atoms with Gasteiger partial charge in [-0.3, -0.25) is 10.1 Å². The van der Waals surface area contributed by atoms with Crippen molar-refractivity contribution in [1.82, 2.24) is 14.9 Å². The fourth-order valence-electron chi connectivity index (χ4n) is 2.65. The van der Waals surface area contributed by atoms with Crippen molar-refractivity contribution < 1.29 is 13.2 Å². The number of halogens is 2. The van der Waals surface area contributed by atoms with Crippen molar-refractivity contribution in [2.45, 2.75) is 56.4 Å². The number of carbonyl (C=O) groups excluding carboxylic acids is 1. The highest BCUT2D eigenvalue weighted by atomic mass is 35.5. The van der Waals surface area contributed by atoms with Gasteiger partial charge in [0.05, 0.1) is 15.6 Å². The van der Waals surface area contributed by atoms with Crippen LogP contribution in [0.5, 0.6) is 0 Å². The Balaban J connectivity index is 1.84. The Morgan fingerprint density at radius 1 is 1.21 bits per heavy atom. The van der Waals surface area contributed by atoms with Crippen molar-refractivity contribution in [1.29, 1.82) is 0 Å². The molecule has 1 saturated carbocycles. The SMILES string of the molecule is CCC(CC)c1nnc(NC(=O)c2cc(S(=O)(=O)NC3CC3)c(Cl)cc2Cl)s1. The summed E-state index contributed by atoms with van der Waals surface area (Å²) in [4.78, 5) is 12.5. The van der Waals surface area contributed by atoms with E-state index < -0.39 is 15.9 Å². The van der Waals surface area contributed by atoms with E-state index in [1.165, 1.54) is 23.5 Å². The van der Waals surface area contributed by atoms with Gasteiger partial charge in [0.1, 0.15) is 9.90 Å². The van der Waals surface area contributed by atoms with Crippen LogP contribution >= 0.6 is 34.5 Å². The normalized spacial score (nSPS) is 14.5. The zero-order chi connectivity index (χ0) is 20.5. The average Bonchev–Trinajstić information content (AvgIpc) is 3.31. The smallest absolute Gasteiger partial charge is 0.259 e. The highest BCUT2D eigenvalue weighted by Gasteiger charge is 2.30. The fourth-order valence-corrected chi connectivity index (χ4v) is 5.81. The van der Waals surface area contributed by atoms with Crippen molar-refractivity contribution in [3.05, 3.63) is 32.7 Å². The van der Waals surface area contributed by atoms with E-state index in [1.807, 2.05) is 0 Å². The molecule has 0 radical (unpaired) electrons. The van der Waals surface area contributed by atoms with Crippen LogP contribution in [-0.4, -0.2) is 30.6 Å². The van der Waals surface area contributed by atoms with Crippen LogP contribution in [0.15, 0.2) is 17.0 Å². The second kappa shape index (κ2) is 8.62. The first-order valence-electron chi connectivity index (χ1n) is 8.91. The summed E-state index contributed by atoms with van der Waals surface area (Å²) in [5, 5.41) is 12.0. The molecule has 0 spiro atoms. The van der Waals surface area contributed by atoms with Crippen LogP contribution in [0.25, 0.3) is 0 Å². The summed E-state index contributed by atoms with van der Waals surface area (Å²) in [5.41, 5.74) is 0.00141. The number of rotatable bonds is 8. The number of anilines is 1. The van der Waals surface area contributed by atoms with Crippen molar-refractivity contribution in [3.8, 4) is 0 Å². The van der Waals surface area contributed by atoms with Crippen molar-refractivity contribution in [3.63, 3.8) is 0 Å². The lowest BCUT2D eigenvalue weighted by Crippen LogP contribution is -2.26. The summed E-state index contributed by atoms with van der Waals surface area (Å²) in [6.07, 6.45) is 3.43. The molecule has 152 valence electrons. The molecule has 11 heteroatoms. The minimum Gasteiger partial charge on any atom is -0.296 e. The Hall–Kier alpha value is -1.26. The van der Waals surface area contributed by atoms with E-state index >= 15 is 0 Å². The molecule has 1 aromatic carbocycles. The fraction of sp³-hybridized carbons (Fsp3) is 0.471. The van der Waals surface area contributed by atoms with E-state index in [4.69, 9.17) is 23.2 Å². The number of carbonyl (C=O) groups is 1. The molecule has 0 aliphatic heterocycles. The third-order valence-corrected chi connectivity index (χ3v) is 7.75. The number of benzene rings is 1. The van der Waals surface area contributed by atoms with Gasteiger partial charge in [-0.2, -0.15) is 0 Å². The van der Waals surface area contributed by atoms with Gasteiger partial charge in [-0.25, -0.2) is 13.1 Å². The Morgan fingerprint density at radius 2 is 1.89 bits per heavy atom. The van der Waals surface area contributed by atoms with Crippen LogP contribution in [0, 0.1) is 0 Å². The number of nitrogens with zero attached hydrogens (tertiary/aromatic N) is 2. The Bertz CT molecular complexity index is 986. The monoisotopic (exact) mass is 462 g/mol. The van der Waals surface area contributed by atoms with Crippen LogP contribution < -0.4 is 10.0 Å². The van der Waals surface area contributed by atoms with Crippen LogP contribution in [0.1, 0.15) is 60.8 Å². The molecule has 1 amide bonds. The molecule has 0 atom stereocenters. The molecule has 28 heavy (non-hydrogen) atoms. The number of hydrogen-bond acceptors (Lipinski definition) is 6. The molecule has 2 aromatic rings. The van der Waals surface area contributed by atoms with Gasteiger partial charge in [-0.15, -0.1) is 10.2 Å². The highest BCUT2D eigenvalue weighted by molar-refractivity contribution is 7.89. The summed E-state index contributed by atoms with van der Waals surface area (Å²) in [7, 11) is -3.83. The molecular formula is C17H20Cl2N4O3S2. The van der Waals surface area contributed by atoms with Crippen LogP contribution in [-0.2, 0) is 10.0 Å². The molecular weight excluding hydrogens is 443 g/mol. The maximum Gasteiger partial charge on any atom is 0.259 e. The summed E-state index contributed by atoms with van der Waals surface area (Å²) in [6, 6.07) is 2.36. The van der Waals surface area contributed by atoms with Crippen LogP contribution in [0.2, 0.25) is 10.0 Å². The molecule has 2 N–H and O–H groups in total. The molecule has 1 aliphatic carbocycles. The van der Waals surface area contributed by atoms with Gasteiger partial charge in [-0.1, -0.05) is 48.4 Å². The van der Waals surface area contributed by atoms with Gasteiger partial charge < -0.3 is 0 Å². The lowest BCUT2D eigenvalue weighted by molar-refractivity contribution is 0.102. The second-order valence-corrected chi connectivity index (χ2v) is 10.1. The summed E-state index contributed by atoms with van der Waals surface area (Å²) in [6.45, 7) is 4.14. The lowest BCUT2D eigenvalue weighted by atomic mass is 10.1. The van der Waals surface area contributed by atoms with Gasteiger partial charge in [0.15, 0.2) is 0 Å². The first kappa shape index (κ1) is 21.4. The Kier molecular flexibility index (Phi) is 6.61. The maximum absolute atomic E-state index is 12.7. The molecule has 3 rings (SSSR count). The molecule has 0 bridgehead atoms. The third kappa shape index (κ3) is 4.83. The number of aromatic nitrogens is 2. The Morgan fingerprint density at radius 3 is 2.50 bits per heavy atom. The zero-order valence-electron chi connectivity index (χ0n) is 15.3. The van der Waals surface area contributed by atoms with E-state index in [2.05, 4.69) is 34.1 Å². The van der Waals surface area contributed by atoms with Crippen molar-refractivity contribution >= 4 is 55.6 Å². The first-order chi connectivity index (χ1) is 13.2. The molecule has 0 unspecified atom stereocenters. The van der Waals surface area contributed by atoms with E-state index in [0.29, 0.717) is 5.13 Å². The number of sulfonamides is 1. The quantitative estimate of drug-likeness (QED) is 0.603. The topological polar surface area (TPSA) is 101 Å². The number of hydrogen-bond donors (Lipinski definition) is 2. The van der Waals surface area contributed by atoms with Crippen molar-refractivity contribution in [2.75, 3.05) is 5.32 Å². The maximum atomic E-state index is 12.7. The largest absolute Gasteiger partial charge is 0.296 e. The van der Waals surface area contributed by atoms with Gasteiger partial charge in [-0.05, 0) is 37.8 Å². The van der Waals surface area contributed by atoms with E-state index in [1.54, 1.807) is 0 Å². The third-order valence-electron chi connectivity index (χ3n) is 4.45. The van der Waals surface area contributed by atoms with Crippen LogP contribution in [0.4, 0.5) is 5.13 Å². The number of nitrogens with one attached hydrogen (secondary N) is 2. The molecule has 7 nitrogen and oxygen atoms in total. The lowest BCUT2D eigenvalue weighted by Gasteiger charge is -2.11. The van der Waals surface area contributed by atoms with E-state index in [0.717, 1.165) is 30.7 Å². The van der Waals surface area contributed by atoms with Gasteiger partial charge >= 0.3 is 0 Å². The summed E-state index contributed by atoms with van der Waals surface area (Å²) < 4.78 is 27.5. The average molecular weight is 463 g/mol. The predicted molar refractivity (Wildman–Crippen MR) is 111 cm³/mol. The molecule has 1 heterocycles. The van der Waals surface area contributed by atoms with Gasteiger partial charge in [0, 0.05) is 12.0 Å². The predicted octanol–water partition coefficient (Wildman–Crippen LogP) is 4.44. The minimum absolute atomic E-state index is 0.00141. The molecule has 1 aromatic heterocycles. The van der Waals surface area contributed by atoms with Crippen LogP contribution in [0.3, 0.4) is 0 Å². The van der Waals surface area contributed by atoms with Crippen molar-refractivity contribution in [2.24, 2.45) is 0 Å². The molecule has 1 fully saturated rings. The second-order valence-electron chi connectivity index (χ2n) is 6.57.